The van der Waals surface area contributed by atoms with E-state index in [0.717, 1.165) is 4.90 Å². The van der Waals surface area contributed by atoms with Gasteiger partial charge in [0, 0.05) is 90.3 Å². The van der Waals surface area contributed by atoms with E-state index in [1.807, 2.05) is 13.2 Å². The van der Waals surface area contributed by atoms with Gasteiger partial charge in [-0.15, -0.1) is 0 Å². The summed E-state index contributed by atoms with van der Waals surface area (Å²) in [6, 6.07) is -0.744. The summed E-state index contributed by atoms with van der Waals surface area (Å²) < 4.78 is 5.10. The molecule has 0 bridgehead atoms. The number of hydrogen-bond donors (Lipinski definition) is 5. The number of ether oxygens (including phenoxy) is 1. The van der Waals surface area contributed by atoms with Crippen LogP contribution in [-0.2, 0) is 47.9 Å². The third-order valence-corrected chi connectivity index (χ3v) is 9.04. The molecule has 17 nitrogen and oxygen atoms in total. The summed E-state index contributed by atoms with van der Waals surface area (Å²) >= 11 is 2.69. The number of thioether (sulfide) groups is 2. The van der Waals surface area contributed by atoms with Gasteiger partial charge in [0.2, 0.25) is 53.2 Å². The second kappa shape index (κ2) is 23.6. The number of rotatable bonds is 21. The van der Waals surface area contributed by atoms with Crippen molar-refractivity contribution < 1.29 is 47.9 Å². The van der Waals surface area contributed by atoms with Crippen LogP contribution in [0.4, 0.5) is 0 Å². The monoisotopic (exact) mass is 731 g/mol. The minimum atomic E-state index is -0.744. The largest absolute Gasteiger partial charge is 0.381 e. The minimum Gasteiger partial charge on any atom is -0.381 e. The summed E-state index contributed by atoms with van der Waals surface area (Å²) in [6.07, 6.45) is 3.91. The van der Waals surface area contributed by atoms with Gasteiger partial charge < -0.3 is 31.7 Å². The molecule has 2 aliphatic rings. The number of imide groups is 2. The van der Waals surface area contributed by atoms with E-state index in [2.05, 4.69) is 21.3 Å². The van der Waals surface area contributed by atoms with E-state index in [0.29, 0.717) is 13.2 Å². The lowest BCUT2D eigenvalue weighted by molar-refractivity contribution is -0.140. The highest BCUT2D eigenvalue weighted by molar-refractivity contribution is 8.00. The van der Waals surface area contributed by atoms with Gasteiger partial charge in [-0.05, 0) is 26.4 Å². The molecule has 0 aromatic carbocycles. The second-order valence-electron chi connectivity index (χ2n) is 10.9. The lowest BCUT2D eigenvalue weighted by Gasteiger charge is -2.17. The van der Waals surface area contributed by atoms with Crippen LogP contribution in [0, 0.1) is 0 Å². The first-order valence-corrected chi connectivity index (χ1v) is 18.5. The van der Waals surface area contributed by atoms with E-state index >= 15 is 0 Å². The molecule has 2 aliphatic heterocycles. The highest BCUT2D eigenvalue weighted by Gasteiger charge is 2.38. The van der Waals surface area contributed by atoms with Crippen LogP contribution in [0.2, 0.25) is 0 Å². The number of amides is 9. The van der Waals surface area contributed by atoms with Crippen molar-refractivity contribution in [2.75, 3.05) is 58.4 Å². The van der Waals surface area contributed by atoms with E-state index in [1.165, 1.54) is 28.4 Å². The number of nitrogens with one attached hydrogen (secondary N) is 4. The number of carbonyl (C=O) groups excluding carboxylic acids is 9. The molecule has 0 aliphatic carbocycles. The third-order valence-electron chi connectivity index (χ3n) is 7.16. The maximum absolute atomic E-state index is 12.1. The van der Waals surface area contributed by atoms with Crippen molar-refractivity contribution in [1.82, 2.24) is 31.1 Å². The van der Waals surface area contributed by atoms with Crippen molar-refractivity contribution in [3.05, 3.63) is 0 Å². The fourth-order valence-electron chi connectivity index (χ4n) is 4.67. The zero-order chi connectivity index (χ0) is 36.9. The molecular formula is C30H49N7O10S2. The van der Waals surface area contributed by atoms with Crippen LogP contribution in [0.5, 0.6) is 0 Å². The van der Waals surface area contributed by atoms with Crippen LogP contribution < -0.4 is 27.0 Å². The Bertz CT molecular complexity index is 1210. The molecule has 0 saturated carbocycles. The lowest BCUT2D eigenvalue weighted by atomic mass is 10.1. The van der Waals surface area contributed by atoms with Gasteiger partial charge in [0.05, 0.1) is 17.1 Å². The molecule has 0 radical (unpaired) electrons. The molecule has 2 saturated heterocycles. The Balaban J connectivity index is 0.000000624. The highest BCUT2D eigenvalue weighted by Crippen LogP contribution is 2.24. The summed E-state index contributed by atoms with van der Waals surface area (Å²) in [6.45, 7) is 5.38. The maximum atomic E-state index is 12.1. The topological polar surface area (TPSA) is 243 Å². The van der Waals surface area contributed by atoms with Crippen molar-refractivity contribution in [2.45, 2.75) is 75.3 Å². The Morgan fingerprint density at radius 3 is 1.67 bits per heavy atom. The standard InChI is InChI=1S/C20H33N5O7S.C10H16N2O3S/c1-3-32-9-5-17(28)24-13(10-15(21)26)11-18(29)23-7-6-22-16(27)4-8-25-19(30)12-14(33-2)20(25)31;1-3-11-8(13)4-5-12-9(14)6-7(16-2)10(12)15/h13-14H,3-12H2,1-2H3,(H2,21,26)(H,22,27)(H,23,29)(H,24,28);7H,3-6H2,1-2H3,(H,11,13). The quantitative estimate of drug-likeness (QED) is 0.0654. The lowest BCUT2D eigenvalue weighted by Crippen LogP contribution is -2.43. The van der Waals surface area contributed by atoms with Crippen LogP contribution in [-0.4, -0.2) is 138 Å². The molecule has 0 spiro atoms. The average molecular weight is 732 g/mol. The Hall–Kier alpha value is -3.71. The first-order valence-electron chi connectivity index (χ1n) is 16.0. The molecular weight excluding hydrogens is 683 g/mol. The first kappa shape index (κ1) is 43.3. The van der Waals surface area contributed by atoms with E-state index in [9.17, 15) is 43.2 Å². The molecule has 2 fully saturated rings. The number of primary amides is 1. The second-order valence-corrected chi connectivity index (χ2v) is 12.9. The molecule has 0 aromatic rings. The molecule has 49 heavy (non-hydrogen) atoms. The fraction of sp³-hybridized carbons (Fsp3) is 0.700. The van der Waals surface area contributed by atoms with Gasteiger partial charge >= 0.3 is 0 Å². The fourth-order valence-corrected chi connectivity index (χ4v) is 5.95. The van der Waals surface area contributed by atoms with E-state index in [-0.39, 0.29) is 130 Å². The molecule has 19 heteroatoms. The molecule has 9 amide bonds. The SMILES string of the molecule is CCNC(=O)CCN1C(=O)CC(SC)C1=O.CCOCCC(=O)NC(CC(N)=O)CC(=O)NCCNC(=O)CCN1C(=O)CC(SC)C1=O. The van der Waals surface area contributed by atoms with Crippen molar-refractivity contribution in [2.24, 2.45) is 5.73 Å². The smallest absolute Gasteiger partial charge is 0.242 e. The van der Waals surface area contributed by atoms with Crippen LogP contribution in [0.1, 0.15) is 58.8 Å². The van der Waals surface area contributed by atoms with Gasteiger partial charge in [-0.25, -0.2) is 0 Å². The van der Waals surface area contributed by atoms with Gasteiger partial charge in [-0.3, -0.25) is 53.0 Å². The van der Waals surface area contributed by atoms with Crippen molar-refractivity contribution in [3.8, 4) is 0 Å². The number of nitrogens with zero attached hydrogens (tertiary/aromatic N) is 2. The molecule has 0 aromatic heterocycles. The number of nitrogens with two attached hydrogens (primary N) is 1. The molecule has 2 rings (SSSR count). The molecule has 2 heterocycles. The number of hydrogen-bond acceptors (Lipinski definition) is 12. The highest BCUT2D eigenvalue weighted by atomic mass is 32.2. The molecule has 6 N–H and O–H groups in total. The van der Waals surface area contributed by atoms with Gasteiger partial charge in [-0.1, -0.05) is 0 Å². The van der Waals surface area contributed by atoms with E-state index < -0.39 is 17.9 Å². The average Bonchev–Trinajstić information content (AvgIpc) is 3.48. The van der Waals surface area contributed by atoms with Crippen LogP contribution in [0.3, 0.4) is 0 Å². The van der Waals surface area contributed by atoms with Gasteiger partial charge in [0.15, 0.2) is 0 Å². The Morgan fingerprint density at radius 2 is 1.24 bits per heavy atom. The first-order chi connectivity index (χ1) is 23.3. The normalized spacial score (nSPS) is 17.7. The molecule has 276 valence electrons. The van der Waals surface area contributed by atoms with E-state index in [4.69, 9.17) is 10.5 Å². The summed E-state index contributed by atoms with van der Waals surface area (Å²) in [5.41, 5.74) is 5.19. The summed E-state index contributed by atoms with van der Waals surface area (Å²) in [5, 5.41) is 9.76. The number of likely N-dealkylation sites (tertiary alicyclic amines) is 2. The Labute approximate surface area is 294 Å². The van der Waals surface area contributed by atoms with E-state index in [1.54, 1.807) is 13.2 Å². The Morgan fingerprint density at radius 1 is 0.755 bits per heavy atom. The zero-order valence-corrected chi connectivity index (χ0v) is 30.1. The van der Waals surface area contributed by atoms with Gasteiger partial charge in [-0.2, -0.15) is 23.5 Å². The summed E-state index contributed by atoms with van der Waals surface area (Å²) in [7, 11) is 0. The van der Waals surface area contributed by atoms with Crippen molar-refractivity contribution in [1.29, 1.82) is 0 Å². The van der Waals surface area contributed by atoms with Crippen molar-refractivity contribution >= 4 is 76.7 Å². The number of carbonyl (C=O) groups is 9. The van der Waals surface area contributed by atoms with Gasteiger partial charge in [0.25, 0.3) is 0 Å². The summed E-state index contributed by atoms with van der Waals surface area (Å²) in [5.74, 6) is -2.80. The maximum Gasteiger partial charge on any atom is 0.242 e. The van der Waals surface area contributed by atoms with Crippen LogP contribution >= 0.6 is 23.5 Å². The molecule has 3 unspecified atom stereocenters. The van der Waals surface area contributed by atoms with Crippen LogP contribution in [0.25, 0.3) is 0 Å². The zero-order valence-electron chi connectivity index (χ0n) is 28.5. The summed E-state index contributed by atoms with van der Waals surface area (Å²) in [4.78, 5) is 108. The minimum absolute atomic E-state index is 0.0186. The van der Waals surface area contributed by atoms with Crippen LogP contribution in [0.15, 0.2) is 0 Å². The Kier molecular flexibility index (Phi) is 20.9. The van der Waals surface area contributed by atoms with Gasteiger partial charge in [0.1, 0.15) is 0 Å². The molecule has 3 atom stereocenters. The predicted molar refractivity (Wildman–Crippen MR) is 183 cm³/mol. The third kappa shape index (κ3) is 16.5. The van der Waals surface area contributed by atoms with Crippen molar-refractivity contribution in [3.63, 3.8) is 0 Å². The predicted octanol–water partition coefficient (Wildman–Crippen LogP) is -1.72.